The summed E-state index contributed by atoms with van der Waals surface area (Å²) < 4.78 is 6.89. The number of anilines is 1. The molecular weight excluding hydrogens is 304 g/mol. The number of benzene rings is 1. The Balaban J connectivity index is 2.14. The van der Waals surface area contributed by atoms with Crippen molar-refractivity contribution < 1.29 is 9.22 Å². The second-order valence-corrected chi connectivity index (χ2v) is 11.4. The zero-order valence-electron chi connectivity index (χ0n) is 14.7. The van der Waals surface area contributed by atoms with Crippen molar-refractivity contribution in [3.05, 3.63) is 29.8 Å². The van der Waals surface area contributed by atoms with Gasteiger partial charge in [-0.2, -0.15) is 0 Å². The van der Waals surface area contributed by atoms with Gasteiger partial charge in [0.25, 0.3) is 5.91 Å². The molecule has 0 radical (unpaired) electrons. The minimum absolute atomic E-state index is 0.0523. The summed E-state index contributed by atoms with van der Waals surface area (Å²) in [5.74, 6) is 0.833. The smallest absolute Gasteiger partial charge is 0.257 e. The Hall–Kier alpha value is -1.46. The van der Waals surface area contributed by atoms with Gasteiger partial charge >= 0.3 is 0 Å². The van der Waals surface area contributed by atoms with E-state index in [-0.39, 0.29) is 11.9 Å². The third-order valence-corrected chi connectivity index (χ3v) is 10.3. The van der Waals surface area contributed by atoms with Gasteiger partial charge in [0.15, 0.2) is 8.32 Å². The lowest BCUT2D eigenvalue weighted by Gasteiger charge is -2.38. The van der Waals surface area contributed by atoms with Crippen molar-refractivity contribution >= 4 is 25.7 Å². The van der Waals surface area contributed by atoms with Gasteiger partial charge in [0.1, 0.15) is 17.5 Å². The first-order valence-corrected chi connectivity index (χ1v) is 11.2. The molecule has 1 amide bonds. The number of carbonyl (C=O) groups excluding carboxylic acids is 1. The molecule has 0 unspecified atom stereocenters. The normalized spacial score (nSPS) is 26.3. The molecule has 0 fully saturated rings. The molecule has 0 saturated heterocycles. The van der Waals surface area contributed by atoms with Gasteiger partial charge in [0, 0.05) is 5.56 Å². The molecule has 2 aliphatic rings. The molecule has 23 heavy (non-hydrogen) atoms. The lowest BCUT2D eigenvalue weighted by molar-refractivity contribution is -0.117. The summed E-state index contributed by atoms with van der Waals surface area (Å²) >= 11 is 0. The Morgan fingerprint density at radius 2 is 1.83 bits per heavy atom. The third kappa shape index (κ3) is 2.21. The van der Waals surface area contributed by atoms with Crippen LogP contribution in [-0.4, -0.2) is 26.1 Å². The zero-order valence-corrected chi connectivity index (χ0v) is 15.7. The Bertz CT molecular complexity index is 660. The first-order chi connectivity index (χ1) is 10.9. The number of carbonyl (C=O) groups is 1. The van der Waals surface area contributed by atoms with E-state index in [1.807, 2.05) is 25.1 Å². The van der Waals surface area contributed by atoms with Crippen LogP contribution in [0.4, 0.5) is 5.69 Å². The van der Waals surface area contributed by atoms with Crippen LogP contribution in [0.15, 0.2) is 29.3 Å². The van der Waals surface area contributed by atoms with Gasteiger partial charge < -0.3 is 4.43 Å². The van der Waals surface area contributed by atoms with Crippen LogP contribution in [0, 0.1) is 0 Å². The zero-order chi connectivity index (χ0) is 16.8. The molecule has 2 atom stereocenters. The number of rotatable bonds is 5. The van der Waals surface area contributed by atoms with Crippen LogP contribution in [-0.2, 0) is 14.8 Å². The van der Waals surface area contributed by atoms with Crippen molar-refractivity contribution in [3.8, 4) is 0 Å². The molecule has 1 aromatic carbocycles. The molecule has 0 aromatic heterocycles. The fraction of sp³-hybridized carbons (Fsp3) is 0.556. The number of fused-ring (bicyclic) bond motifs is 3. The maximum absolute atomic E-state index is 12.6. The Morgan fingerprint density at radius 3 is 2.43 bits per heavy atom. The minimum atomic E-state index is -1.85. The number of para-hydroxylation sites is 1. The molecular formula is C18H26N2O2Si. The fourth-order valence-electron chi connectivity index (χ4n) is 3.85. The van der Waals surface area contributed by atoms with Crippen LogP contribution >= 0.6 is 0 Å². The molecule has 0 spiro atoms. The summed E-state index contributed by atoms with van der Waals surface area (Å²) in [6.45, 7) is 10.6. The summed E-state index contributed by atoms with van der Waals surface area (Å²) in [6.07, 6.45) is 0. The van der Waals surface area contributed by atoms with Gasteiger partial charge in [-0.25, -0.2) is 0 Å². The van der Waals surface area contributed by atoms with Crippen LogP contribution < -0.4 is 4.90 Å². The van der Waals surface area contributed by atoms with Gasteiger partial charge in [0.2, 0.25) is 0 Å². The van der Waals surface area contributed by atoms with E-state index in [0.29, 0.717) is 0 Å². The highest BCUT2D eigenvalue weighted by Crippen LogP contribution is 2.48. The first-order valence-electron chi connectivity index (χ1n) is 8.64. The van der Waals surface area contributed by atoms with Gasteiger partial charge in [-0.05, 0) is 38.0 Å². The van der Waals surface area contributed by atoms with Crippen molar-refractivity contribution in [2.75, 3.05) is 4.90 Å². The molecule has 124 valence electrons. The van der Waals surface area contributed by atoms with Crippen molar-refractivity contribution in [1.82, 2.24) is 0 Å². The molecule has 0 saturated carbocycles. The highest BCUT2D eigenvalue weighted by atomic mass is 28.4. The number of hydrogen-bond donors (Lipinski definition) is 0. The molecule has 4 nitrogen and oxygen atoms in total. The van der Waals surface area contributed by atoms with E-state index < -0.39 is 13.9 Å². The number of aliphatic imine (C=N–C) groups is 1. The third-order valence-electron chi connectivity index (χ3n) is 5.54. The second-order valence-electron chi connectivity index (χ2n) is 6.70. The SMILES string of the molecule is CC[Si](CC)(CC)O[C@@]1(C)C2=N[C@@H](C)C(=O)N2c2ccccc21. The van der Waals surface area contributed by atoms with Gasteiger partial charge in [0.05, 0.1) is 5.69 Å². The number of amides is 1. The molecule has 1 aromatic rings. The average Bonchev–Trinajstić information content (AvgIpc) is 3.00. The van der Waals surface area contributed by atoms with E-state index in [1.165, 1.54) is 0 Å². The topological polar surface area (TPSA) is 41.9 Å². The average molecular weight is 331 g/mol. The largest absolute Gasteiger partial charge is 0.401 e. The van der Waals surface area contributed by atoms with E-state index in [1.54, 1.807) is 4.90 Å². The van der Waals surface area contributed by atoms with E-state index >= 15 is 0 Å². The van der Waals surface area contributed by atoms with E-state index in [2.05, 4.69) is 38.8 Å². The summed E-state index contributed by atoms with van der Waals surface area (Å²) in [4.78, 5) is 19.0. The lowest BCUT2D eigenvalue weighted by atomic mass is 9.97. The van der Waals surface area contributed by atoms with Crippen molar-refractivity contribution in [1.29, 1.82) is 0 Å². The van der Waals surface area contributed by atoms with Crippen LogP contribution in [0.1, 0.15) is 40.2 Å². The van der Waals surface area contributed by atoms with E-state index in [4.69, 9.17) is 4.43 Å². The lowest BCUT2D eigenvalue weighted by Crippen LogP contribution is -2.49. The summed E-state index contributed by atoms with van der Waals surface area (Å²) in [7, 11) is -1.85. The van der Waals surface area contributed by atoms with E-state index in [9.17, 15) is 4.79 Å². The standard InChI is InChI=1S/C18H26N2O2Si/c1-6-23(7-2,8-3)22-18(5)14-11-9-10-12-15(14)20-16(21)13(4)19-17(18)20/h9-13H,6-8H2,1-5H3/t13-,18+/m0/s1. The van der Waals surface area contributed by atoms with Crippen LogP contribution in [0.25, 0.3) is 0 Å². The van der Waals surface area contributed by atoms with Gasteiger partial charge in [-0.3, -0.25) is 14.7 Å². The first kappa shape index (κ1) is 16.4. The monoisotopic (exact) mass is 330 g/mol. The number of amidine groups is 1. The summed E-state index contributed by atoms with van der Waals surface area (Å²) in [5, 5.41) is 0. The maximum atomic E-state index is 12.6. The number of nitrogens with zero attached hydrogens (tertiary/aromatic N) is 2. The molecule has 0 aliphatic carbocycles. The highest BCUT2D eigenvalue weighted by molar-refractivity contribution is 6.73. The van der Waals surface area contributed by atoms with Crippen molar-refractivity contribution in [2.45, 2.75) is 64.4 Å². The molecule has 2 heterocycles. The van der Waals surface area contributed by atoms with Crippen LogP contribution in [0.3, 0.4) is 0 Å². The number of hydrogen-bond acceptors (Lipinski definition) is 3. The molecule has 0 bridgehead atoms. The molecule has 3 rings (SSSR count). The predicted octanol–water partition coefficient (Wildman–Crippen LogP) is 4.07. The Kier molecular flexibility index (Phi) is 3.97. The van der Waals surface area contributed by atoms with E-state index in [0.717, 1.165) is 35.2 Å². The highest BCUT2D eigenvalue weighted by Gasteiger charge is 2.55. The Labute approximate surface area is 139 Å². The van der Waals surface area contributed by atoms with Gasteiger partial charge in [-0.1, -0.05) is 39.0 Å². The van der Waals surface area contributed by atoms with Gasteiger partial charge in [-0.15, -0.1) is 0 Å². The van der Waals surface area contributed by atoms with Crippen molar-refractivity contribution in [2.24, 2.45) is 4.99 Å². The second kappa shape index (κ2) is 5.56. The summed E-state index contributed by atoms with van der Waals surface area (Å²) in [5.41, 5.74) is 1.41. The predicted molar refractivity (Wildman–Crippen MR) is 96.5 cm³/mol. The molecule has 0 N–H and O–H groups in total. The Morgan fingerprint density at radius 1 is 1.22 bits per heavy atom. The quantitative estimate of drug-likeness (QED) is 0.764. The van der Waals surface area contributed by atoms with Crippen LogP contribution in [0.5, 0.6) is 0 Å². The fourth-order valence-corrected chi connectivity index (χ4v) is 6.85. The maximum Gasteiger partial charge on any atom is 0.257 e. The minimum Gasteiger partial charge on any atom is -0.401 e. The van der Waals surface area contributed by atoms with Crippen LogP contribution in [0.2, 0.25) is 18.1 Å². The summed E-state index contributed by atoms with van der Waals surface area (Å²) in [6, 6.07) is 11.0. The molecule has 2 aliphatic heterocycles. The molecule has 5 heteroatoms. The van der Waals surface area contributed by atoms with Crippen molar-refractivity contribution in [3.63, 3.8) is 0 Å².